The van der Waals surface area contributed by atoms with E-state index in [0.29, 0.717) is 0 Å². The maximum Gasteiger partial charge on any atom is 0.0541 e. The summed E-state index contributed by atoms with van der Waals surface area (Å²) < 4.78 is 0. The van der Waals surface area contributed by atoms with E-state index >= 15 is 0 Å². The minimum absolute atomic E-state index is 1.01. The number of nitrogens with zero attached hydrogens (tertiary/aromatic N) is 1. The van der Waals surface area contributed by atoms with E-state index in [2.05, 4.69) is 29.2 Å². The van der Waals surface area contributed by atoms with Crippen molar-refractivity contribution >= 4 is 17.1 Å². The molecule has 0 atom stereocenters. The van der Waals surface area contributed by atoms with Crippen molar-refractivity contribution in [3.05, 3.63) is 91.0 Å². The largest absolute Gasteiger partial charge is 0.309 e. The van der Waals surface area contributed by atoms with Crippen LogP contribution in [-0.4, -0.2) is 0 Å². The number of benzene rings is 3. The molecule has 0 aliphatic rings. The average molecular weight is 243 g/mol. The van der Waals surface area contributed by atoms with Crippen LogP contribution in [0.3, 0.4) is 0 Å². The fourth-order valence-electron chi connectivity index (χ4n) is 2.03. The number of hydrogen-bond acceptors (Lipinski definition) is 1. The summed E-state index contributed by atoms with van der Waals surface area (Å²) in [6, 6.07) is 32.7. The molecule has 0 fully saturated rings. The Bertz CT molecular complexity index is 524. The van der Waals surface area contributed by atoms with E-state index in [1.165, 1.54) is 0 Å². The van der Waals surface area contributed by atoms with Crippen molar-refractivity contribution in [3.8, 4) is 0 Å². The molecule has 0 spiro atoms. The molecule has 0 aromatic heterocycles. The summed E-state index contributed by atoms with van der Waals surface area (Å²) in [5, 5.41) is 0. The second-order valence-electron chi connectivity index (χ2n) is 4.17. The van der Waals surface area contributed by atoms with E-state index in [1.54, 1.807) is 0 Å². The first-order valence-corrected chi connectivity index (χ1v) is 6.24. The topological polar surface area (TPSA) is 3.24 Å². The first-order chi connectivity index (χ1) is 9.45. The SMILES string of the molecule is [c]1ccccc1N(c1[c]cccc1)c1ccccc1. The zero-order chi connectivity index (χ0) is 12.9. The van der Waals surface area contributed by atoms with Gasteiger partial charge in [-0.3, -0.25) is 0 Å². The van der Waals surface area contributed by atoms with Crippen molar-refractivity contribution in [3.63, 3.8) is 0 Å². The quantitative estimate of drug-likeness (QED) is 0.641. The Morgan fingerprint density at radius 2 is 1.11 bits per heavy atom. The van der Waals surface area contributed by atoms with Crippen LogP contribution in [0.2, 0.25) is 0 Å². The van der Waals surface area contributed by atoms with Crippen molar-refractivity contribution in [2.75, 3.05) is 4.90 Å². The summed E-state index contributed by atoms with van der Waals surface area (Å²) in [5.74, 6) is 0. The van der Waals surface area contributed by atoms with Crippen LogP contribution in [0.1, 0.15) is 0 Å². The van der Waals surface area contributed by atoms with Crippen LogP contribution >= 0.6 is 0 Å². The van der Waals surface area contributed by atoms with Crippen molar-refractivity contribution in [1.82, 2.24) is 0 Å². The Kier molecular flexibility index (Phi) is 3.28. The van der Waals surface area contributed by atoms with E-state index < -0.39 is 0 Å². The highest BCUT2D eigenvalue weighted by Gasteiger charge is 2.10. The summed E-state index contributed by atoms with van der Waals surface area (Å²) in [7, 11) is 0. The van der Waals surface area contributed by atoms with Gasteiger partial charge < -0.3 is 4.90 Å². The molecule has 0 aliphatic heterocycles. The van der Waals surface area contributed by atoms with Gasteiger partial charge in [-0.25, -0.2) is 0 Å². The lowest BCUT2D eigenvalue weighted by atomic mass is 10.2. The number of rotatable bonds is 3. The molecule has 19 heavy (non-hydrogen) atoms. The highest BCUT2D eigenvalue weighted by molar-refractivity contribution is 5.75. The van der Waals surface area contributed by atoms with Gasteiger partial charge in [0, 0.05) is 17.8 Å². The number of para-hydroxylation sites is 3. The third-order valence-electron chi connectivity index (χ3n) is 2.88. The summed E-state index contributed by atoms with van der Waals surface area (Å²) in [6.45, 7) is 0. The molecular formula is C18H13N. The first-order valence-electron chi connectivity index (χ1n) is 6.24. The molecular weight excluding hydrogens is 230 g/mol. The molecule has 0 N–H and O–H groups in total. The Hall–Kier alpha value is -2.54. The van der Waals surface area contributed by atoms with E-state index in [9.17, 15) is 0 Å². The molecule has 90 valence electrons. The molecule has 0 saturated heterocycles. The molecule has 0 heterocycles. The lowest BCUT2D eigenvalue weighted by molar-refractivity contribution is 1.28. The summed E-state index contributed by atoms with van der Waals surface area (Å²) in [5.41, 5.74) is 3.12. The van der Waals surface area contributed by atoms with E-state index in [-0.39, 0.29) is 0 Å². The van der Waals surface area contributed by atoms with Gasteiger partial charge >= 0.3 is 0 Å². The van der Waals surface area contributed by atoms with Crippen molar-refractivity contribution in [2.24, 2.45) is 0 Å². The molecule has 0 amide bonds. The average Bonchev–Trinajstić information content (AvgIpc) is 2.51. The minimum Gasteiger partial charge on any atom is -0.309 e. The van der Waals surface area contributed by atoms with Gasteiger partial charge in [-0.15, -0.1) is 0 Å². The minimum atomic E-state index is 1.01. The predicted molar refractivity (Wildman–Crippen MR) is 78.8 cm³/mol. The van der Waals surface area contributed by atoms with Crippen LogP contribution in [0, 0.1) is 12.1 Å². The molecule has 3 rings (SSSR count). The van der Waals surface area contributed by atoms with Gasteiger partial charge in [0.25, 0.3) is 0 Å². The second-order valence-corrected chi connectivity index (χ2v) is 4.17. The fourth-order valence-corrected chi connectivity index (χ4v) is 2.03. The zero-order valence-corrected chi connectivity index (χ0v) is 10.5. The first kappa shape index (κ1) is 11.5. The third kappa shape index (κ3) is 2.50. The summed E-state index contributed by atoms with van der Waals surface area (Å²) in [6.07, 6.45) is 0. The third-order valence-corrected chi connectivity index (χ3v) is 2.88. The maximum atomic E-state index is 3.27. The maximum absolute atomic E-state index is 3.27. The zero-order valence-electron chi connectivity index (χ0n) is 10.5. The normalized spacial score (nSPS) is 10.1. The molecule has 2 radical (unpaired) electrons. The van der Waals surface area contributed by atoms with Gasteiger partial charge in [0.2, 0.25) is 0 Å². The fraction of sp³-hybridized carbons (Fsp3) is 0. The Morgan fingerprint density at radius 1 is 0.579 bits per heavy atom. The molecule has 1 heteroatoms. The summed E-state index contributed by atoms with van der Waals surface area (Å²) in [4.78, 5) is 2.14. The highest BCUT2D eigenvalue weighted by Crippen LogP contribution is 2.32. The molecule has 0 bridgehead atoms. The lowest BCUT2D eigenvalue weighted by Gasteiger charge is -2.24. The number of hydrogen-bond donors (Lipinski definition) is 0. The van der Waals surface area contributed by atoms with Crippen LogP contribution in [-0.2, 0) is 0 Å². The molecule has 3 aromatic carbocycles. The van der Waals surface area contributed by atoms with Gasteiger partial charge in [0.1, 0.15) is 0 Å². The Morgan fingerprint density at radius 3 is 1.58 bits per heavy atom. The highest BCUT2D eigenvalue weighted by atomic mass is 15.1. The van der Waals surface area contributed by atoms with Gasteiger partial charge in [0.15, 0.2) is 0 Å². The van der Waals surface area contributed by atoms with Gasteiger partial charge in [-0.1, -0.05) is 54.6 Å². The standard InChI is InChI=1S/C18H13N/c1-4-10-16(11-5-1)19(17-12-6-2-7-13-17)18-14-8-3-9-15-18/h1-12,14H. The molecule has 0 unspecified atom stereocenters. The molecule has 1 nitrogen and oxygen atoms in total. The van der Waals surface area contributed by atoms with E-state index in [1.807, 2.05) is 66.7 Å². The molecule has 0 saturated carbocycles. The van der Waals surface area contributed by atoms with Crippen LogP contribution in [0.25, 0.3) is 0 Å². The second kappa shape index (κ2) is 5.40. The Labute approximate surface area is 113 Å². The van der Waals surface area contributed by atoms with Crippen molar-refractivity contribution < 1.29 is 0 Å². The van der Waals surface area contributed by atoms with Crippen LogP contribution in [0.15, 0.2) is 78.9 Å². The van der Waals surface area contributed by atoms with Crippen LogP contribution < -0.4 is 4.90 Å². The van der Waals surface area contributed by atoms with E-state index in [0.717, 1.165) is 17.1 Å². The van der Waals surface area contributed by atoms with Gasteiger partial charge in [0.05, 0.1) is 11.4 Å². The monoisotopic (exact) mass is 243 g/mol. The molecule has 3 aromatic rings. The molecule has 0 aliphatic carbocycles. The smallest absolute Gasteiger partial charge is 0.0541 e. The number of anilines is 3. The van der Waals surface area contributed by atoms with Crippen molar-refractivity contribution in [1.29, 1.82) is 0 Å². The predicted octanol–water partition coefficient (Wildman–Crippen LogP) is 4.76. The van der Waals surface area contributed by atoms with E-state index in [4.69, 9.17) is 0 Å². The van der Waals surface area contributed by atoms with Crippen LogP contribution in [0.5, 0.6) is 0 Å². The lowest BCUT2D eigenvalue weighted by Crippen LogP contribution is -2.09. The van der Waals surface area contributed by atoms with Gasteiger partial charge in [-0.2, -0.15) is 0 Å². The Balaban J connectivity index is 2.12. The summed E-state index contributed by atoms with van der Waals surface area (Å²) >= 11 is 0. The van der Waals surface area contributed by atoms with Crippen LogP contribution in [0.4, 0.5) is 17.1 Å². The van der Waals surface area contributed by atoms with Gasteiger partial charge in [-0.05, 0) is 24.3 Å². The van der Waals surface area contributed by atoms with Crippen molar-refractivity contribution in [2.45, 2.75) is 0 Å².